The van der Waals surface area contributed by atoms with Gasteiger partial charge in [0.05, 0.1) is 5.56 Å². The van der Waals surface area contributed by atoms with Crippen molar-refractivity contribution in [2.24, 2.45) is 11.8 Å². The van der Waals surface area contributed by atoms with Crippen LogP contribution >= 0.6 is 0 Å². The molecule has 4 aliphatic carbocycles. The second-order valence-corrected chi connectivity index (χ2v) is 11.0. The number of carbonyl (C=O) groups excluding carboxylic acids is 1. The number of hydrogen-bond acceptors (Lipinski definition) is 3. The van der Waals surface area contributed by atoms with E-state index in [-0.39, 0.29) is 5.56 Å². The van der Waals surface area contributed by atoms with Crippen LogP contribution in [-0.2, 0) is 24.2 Å². The molecule has 4 heteroatoms. The first-order chi connectivity index (χ1) is 16.1. The van der Waals surface area contributed by atoms with E-state index in [0.717, 1.165) is 63.8 Å². The smallest absolute Gasteiger partial charge is 0.258 e. The maximum Gasteiger partial charge on any atom is 0.258 e. The van der Waals surface area contributed by atoms with Crippen LogP contribution in [0.1, 0.15) is 93.9 Å². The van der Waals surface area contributed by atoms with Crippen molar-refractivity contribution in [2.75, 3.05) is 13.6 Å². The molecule has 5 rings (SSSR count). The topological polar surface area (TPSA) is 42.3 Å². The Morgan fingerprint density at radius 1 is 0.970 bits per heavy atom. The van der Waals surface area contributed by atoms with Gasteiger partial charge in [0.1, 0.15) is 0 Å². The highest BCUT2D eigenvalue weighted by Crippen LogP contribution is 2.34. The van der Waals surface area contributed by atoms with E-state index in [0.29, 0.717) is 17.1 Å². The van der Waals surface area contributed by atoms with Crippen LogP contribution in [0.4, 0.5) is 0 Å². The predicted octanol–water partition coefficient (Wildman–Crippen LogP) is 5.67. The number of nitrogens with zero attached hydrogens (tertiary/aromatic N) is 2. The first-order valence-electron chi connectivity index (χ1n) is 13.5. The van der Waals surface area contributed by atoms with Crippen molar-refractivity contribution < 1.29 is 4.79 Å². The van der Waals surface area contributed by atoms with Gasteiger partial charge in [0, 0.05) is 37.1 Å². The lowest BCUT2D eigenvalue weighted by molar-refractivity contribution is -0.103. The minimum Gasteiger partial charge on any atom is -0.377 e. The Kier molecular flexibility index (Phi) is 6.89. The van der Waals surface area contributed by atoms with Gasteiger partial charge in [-0.15, -0.1) is 0 Å². The minimum atomic E-state index is 0.0571. The van der Waals surface area contributed by atoms with Gasteiger partial charge in [-0.2, -0.15) is 0 Å². The van der Waals surface area contributed by atoms with Gasteiger partial charge in [0.2, 0.25) is 0 Å². The molecule has 4 aliphatic rings. The molecule has 2 fully saturated rings. The van der Waals surface area contributed by atoms with Crippen LogP contribution in [0.15, 0.2) is 28.2 Å². The van der Waals surface area contributed by atoms with E-state index in [1.807, 2.05) is 0 Å². The van der Waals surface area contributed by atoms with E-state index in [1.54, 1.807) is 0 Å². The second-order valence-electron chi connectivity index (χ2n) is 11.0. The number of rotatable bonds is 8. The molecule has 0 atom stereocenters. The first kappa shape index (κ1) is 22.7. The number of aryl methyl sites for hydroxylation is 1. The van der Waals surface area contributed by atoms with Crippen LogP contribution in [0.25, 0.3) is 5.57 Å². The molecule has 0 spiro atoms. The highest BCUT2D eigenvalue weighted by atomic mass is 16.1. The van der Waals surface area contributed by atoms with E-state index < -0.39 is 0 Å². The number of hydrogen-bond donors (Lipinski definition) is 0. The van der Waals surface area contributed by atoms with E-state index in [9.17, 15) is 9.59 Å². The zero-order chi connectivity index (χ0) is 22.8. The quantitative estimate of drug-likeness (QED) is 0.380. The van der Waals surface area contributed by atoms with Gasteiger partial charge in [0.15, 0.2) is 6.29 Å². The van der Waals surface area contributed by atoms with Crippen LogP contribution in [0, 0.1) is 11.8 Å². The fourth-order valence-electron chi connectivity index (χ4n) is 6.25. The zero-order valence-electron chi connectivity index (χ0n) is 20.4. The van der Waals surface area contributed by atoms with Gasteiger partial charge in [0.25, 0.3) is 5.56 Å². The highest BCUT2D eigenvalue weighted by molar-refractivity contribution is 6.07. The first-order valence-corrected chi connectivity index (χ1v) is 13.5. The lowest BCUT2D eigenvalue weighted by atomic mass is 9.84. The van der Waals surface area contributed by atoms with Crippen molar-refractivity contribution in [1.29, 1.82) is 0 Å². The molecule has 0 saturated heterocycles. The number of allylic oxidation sites excluding steroid dienone is 4. The van der Waals surface area contributed by atoms with Crippen LogP contribution in [0.3, 0.4) is 0 Å². The SMILES string of the molecule is CN(CC1CCC1)C1=C(/C=C(\C=O)c2cc3c(n(CC4CCC4)c2=O)CCCC3)CCCC1. The summed E-state index contributed by atoms with van der Waals surface area (Å²) >= 11 is 0. The van der Waals surface area contributed by atoms with Crippen molar-refractivity contribution in [3.8, 4) is 0 Å². The molecule has 178 valence electrons. The molecule has 0 aliphatic heterocycles. The van der Waals surface area contributed by atoms with E-state index in [4.69, 9.17) is 0 Å². The summed E-state index contributed by atoms with van der Waals surface area (Å²) in [5.41, 5.74) is 6.47. The number of aromatic nitrogens is 1. The average molecular weight is 449 g/mol. The fourth-order valence-corrected chi connectivity index (χ4v) is 6.25. The molecule has 1 heterocycles. The zero-order valence-corrected chi connectivity index (χ0v) is 20.4. The average Bonchev–Trinajstić information content (AvgIpc) is 2.78. The third-order valence-electron chi connectivity index (χ3n) is 8.73. The Balaban J connectivity index is 1.52. The second kappa shape index (κ2) is 10.0. The van der Waals surface area contributed by atoms with Gasteiger partial charge < -0.3 is 9.47 Å². The Bertz CT molecular complexity index is 1010. The van der Waals surface area contributed by atoms with E-state index >= 15 is 0 Å². The standard InChI is InChI=1S/C29H40N2O2/c1-30(18-21-8-6-9-21)27-14-4-2-12-23(27)16-25(20-32)26-17-24-13-3-5-15-28(24)31(29(26)33)19-22-10-7-11-22/h16-17,20-22H,2-15,18-19H2,1H3/b25-16+. The van der Waals surface area contributed by atoms with E-state index in [1.165, 1.54) is 73.9 Å². The number of fused-ring (bicyclic) bond motifs is 1. The number of carbonyl (C=O) groups is 1. The molecule has 2 saturated carbocycles. The van der Waals surface area contributed by atoms with Crippen LogP contribution in [0.5, 0.6) is 0 Å². The summed E-state index contributed by atoms with van der Waals surface area (Å²) in [4.78, 5) is 28.5. The largest absolute Gasteiger partial charge is 0.377 e. The maximum atomic E-state index is 13.7. The summed E-state index contributed by atoms with van der Waals surface area (Å²) in [6, 6.07) is 2.06. The van der Waals surface area contributed by atoms with Gasteiger partial charge in [-0.25, -0.2) is 0 Å². The normalized spacial score (nSPS) is 21.9. The van der Waals surface area contributed by atoms with E-state index in [2.05, 4.69) is 28.7 Å². The summed E-state index contributed by atoms with van der Waals surface area (Å²) in [6.45, 7) is 1.95. The summed E-state index contributed by atoms with van der Waals surface area (Å²) in [6.07, 6.45) is 19.6. The third-order valence-corrected chi connectivity index (χ3v) is 8.73. The predicted molar refractivity (Wildman–Crippen MR) is 134 cm³/mol. The summed E-state index contributed by atoms with van der Waals surface area (Å²) in [7, 11) is 2.22. The number of aldehydes is 1. The number of pyridine rings is 1. The minimum absolute atomic E-state index is 0.0571. The molecular formula is C29H40N2O2. The molecule has 1 aromatic rings. The molecule has 0 amide bonds. The lowest BCUT2D eigenvalue weighted by Gasteiger charge is -2.35. The molecule has 0 bridgehead atoms. The van der Waals surface area contributed by atoms with Crippen LogP contribution in [0.2, 0.25) is 0 Å². The van der Waals surface area contributed by atoms with Gasteiger partial charge in [-0.3, -0.25) is 9.59 Å². The Labute approximate surface area is 198 Å². The van der Waals surface area contributed by atoms with Crippen molar-refractivity contribution >= 4 is 11.9 Å². The third kappa shape index (κ3) is 4.76. The molecule has 0 aromatic carbocycles. The molecule has 0 radical (unpaired) electrons. The molecule has 1 aromatic heterocycles. The molecule has 4 nitrogen and oxygen atoms in total. The van der Waals surface area contributed by atoms with Crippen molar-refractivity contribution in [3.63, 3.8) is 0 Å². The van der Waals surface area contributed by atoms with Crippen molar-refractivity contribution in [2.45, 2.75) is 96.4 Å². The lowest BCUT2D eigenvalue weighted by Crippen LogP contribution is -2.33. The van der Waals surface area contributed by atoms with Crippen LogP contribution < -0.4 is 5.56 Å². The Morgan fingerprint density at radius 3 is 2.36 bits per heavy atom. The Morgan fingerprint density at radius 2 is 1.67 bits per heavy atom. The van der Waals surface area contributed by atoms with Gasteiger partial charge >= 0.3 is 0 Å². The summed E-state index contributed by atoms with van der Waals surface area (Å²) < 4.78 is 2.06. The Hall–Kier alpha value is -2.10. The maximum absolute atomic E-state index is 13.7. The van der Waals surface area contributed by atoms with Gasteiger partial charge in [-0.1, -0.05) is 12.8 Å². The van der Waals surface area contributed by atoms with Crippen LogP contribution in [-0.4, -0.2) is 29.3 Å². The molecular weight excluding hydrogens is 408 g/mol. The summed E-state index contributed by atoms with van der Waals surface area (Å²) in [5.74, 6) is 1.44. The highest BCUT2D eigenvalue weighted by Gasteiger charge is 2.26. The van der Waals surface area contributed by atoms with Crippen molar-refractivity contribution in [1.82, 2.24) is 9.47 Å². The van der Waals surface area contributed by atoms with Crippen molar-refractivity contribution in [3.05, 3.63) is 50.6 Å². The van der Waals surface area contributed by atoms with Gasteiger partial charge in [-0.05, 0) is 112 Å². The molecule has 33 heavy (non-hydrogen) atoms. The monoisotopic (exact) mass is 448 g/mol. The summed E-state index contributed by atoms with van der Waals surface area (Å²) in [5, 5.41) is 0. The fraction of sp³-hybridized carbons (Fsp3) is 0.655. The molecule has 0 N–H and O–H groups in total. The molecule has 0 unspecified atom stereocenters.